The topological polar surface area (TPSA) is 60.2 Å². The van der Waals surface area contributed by atoms with Gasteiger partial charge in [-0.05, 0) is 45.6 Å². The quantitative estimate of drug-likeness (QED) is 0.720. The van der Waals surface area contributed by atoms with Gasteiger partial charge < -0.3 is 9.47 Å². The van der Waals surface area contributed by atoms with E-state index in [1.807, 2.05) is 39.1 Å². The number of carbonyl (C=O) groups excluding carboxylic acids is 1. The van der Waals surface area contributed by atoms with Crippen molar-refractivity contribution in [2.45, 2.75) is 52.5 Å². The molecule has 2 aliphatic heterocycles. The zero-order valence-corrected chi connectivity index (χ0v) is 16.9. The van der Waals surface area contributed by atoms with Gasteiger partial charge in [-0.25, -0.2) is 4.99 Å². The number of carbonyl (C=O) groups is 1. The minimum atomic E-state index is -0.450. The SMILES string of the molecule is CCOC(=O)C1C(C)=NC(CC)=C(C2=NC(C)(C)CO2)C1c1cccs1. The Labute approximate surface area is 158 Å². The van der Waals surface area contributed by atoms with E-state index in [0.29, 0.717) is 19.1 Å². The van der Waals surface area contributed by atoms with E-state index in [9.17, 15) is 4.79 Å². The van der Waals surface area contributed by atoms with Crippen molar-refractivity contribution in [3.05, 3.63) is 33.7 Å². The van der Waals surface area contributed by atoms with Gasteiger partial charge in [0.15, 0.2) is 0 Å². The summed E-state index contributed by atoms with van der Waals surface area (Å²) in [5.41, 5.74) is 2.40. The third kappa shape index (κ3) is 3.47. The Balaban J connectivity index is 2.17. The van der Waals surface area contributed by atoms with Crippen LogP contribution in [0.3, 0.4) is 0 Å². The number of thiophene rings is 1. The molecule has 1 aromatic heterocycles. The highest BCUT2D eigenvalue weighted by Crippen LogP contribution is 2.44. The van der Waals surface area contributed by atoms with Gasteiger partial charge >= 0.3 is 5.97 Å². The lowest BCUT2D eigenvalue weighted by Gasteiger charge is -2.31. The smallest absolute Gasteiger partial charge is 0.315 e. The molecule has 2 unspecified atom stereocenters. The second-order valence-corrected chi connectivity index (χ2v) is 8.19. The summed E-state index contributed by atoms with van der Waals surface area (Å²) in [6.07, 6.45) is 0.757. The Hall–Kier alpha value is -1.95. The van der Waals surface area contributed by atoms with Gasteiger partial charge in [0.1, 0.15) is 12.5 Å². The van der Waals surface area contributed by atoms with Crippen molar-refractivity contribution in [1.29, 1.82) is 0 Å². The third-order valence-corrected chi connectivity index (χ3v) is 5.59. The maximum absolute atomic E-state index is 12.8. The Morgan fingerprint density at radius 3 is 2.73 bits per heavy atom. The number of ether oxygens (including phenoxy) is 2. The van der Waals surface area contributed by atoms with E-state index in [0.717, 1.165) is 28.3 Å². The summed E-state index contributed by atoms with van der Waals surface area (Å²) in [4.78, 5) is 23.4. The number of esters is 1. The Kier molecular flexibility index (Phi) is 5.32. The average molecular weight is 375 g/mol. The molecule has 3 heterocycles. The molecule has 0 fully saturated rings. The van der Waals surface area contributed by atoms with Crippen LogP contribution in [0.25, 0.3) is 0 Å². The zero-order valence-electron chi connectivity index (χ0n) is 16.0. The summed E-state index contributed by atoms with van der Waals surface area (Å²) < 4.78 is 11.3. The molecule has 0 amide bonds. The molecule has 0 N–H and O–H groups in total. The minimum absolute atomic E-state index is 0.172. The van der Waals surface area contributed by atoms with Crippen molar-refractivity contribution in [1.82, 2.24) is 0 Å². The van der Waals surface area contributed by atoms with Crippen LogP contribution in [0.15, 0.2) is 38.8 Å². The summed E-state index contributed by atoms with van der Waals surface area (Å²) in [7, 11) is 0. The zero-order chi connectivity index (χ0) is 18.9. The molecule has 140 valence electrons. The number of aliphatic imine (C=N–C) groups is 2. The van der Waals surface area contributed by atoms with E-state index in [1.165, 1.54) is 0 Å². The molecular weight excluding hydrogens is 348 g/mol. The molecule has 5 nitrogen and oxygen atoms in total. The fourth-order valence-corrected chi connectivity index (χ4v) is 4.36. The minimum Gasteiger partial charge on any atom is -0.475 e. The van der Waals surface area contributed by atoms with Crippen LogP contribution >= 0.6 is 11.3 Å². The number of allylic oxidation sites excluding steroid dienone is 1. The van der Waals surface area contributed by atoms with E-state index >= 15 is 0 Å². The first kappa shape index (κ1) is 18.8. The molecule has 2 atom stereocenters. The normalized spacial score (nSPS) is 24.8. The fraction of sp³-hybridized carbons (Fsp3) is 0.550. The van der Waals surface area contributed by atoms with Crippen LogP contribution in [0, 0.1) is 5.92 Å². The van der Waals surface area contributed by atoms with Crippen molar-refractivity contribution < 1.29 is 14.3 Å². The summed E-state index contributed by atoms with van der Waals surface area (Å²) in [5, 5.41) is 2.03. The van der Waals surface area contributed by atoms with Gasteiger partial charge in [0.25, 0.3) is 0 Å². The van der Waals surface area contributed by atoms with Gasteiger partial charge in [0.2, 0.25) is 5.90 Å². The first-order valence-corrected chi connectivity index (χ1v) is 9.97. The van der Waals surface area contributed by atoms with E-state index in [1.54, 1.807) is 11.3 Å². The average Bonchev–Trinajstić information content (AvgIpc) is 3.23. The van der Waals surface area contributed by atoms with Crippen LogP contribution < -0.4 is 0 Å². The standard InChI is InChI=1S/C20H26N2O3S/c1-6-13-16(18-22-20(4,5)11-25-18)17(14-9-8-10-26-14)15(12(3)21-13)19(23)24-7-2/h8-10,15,17H,6-7,11H2,1-5H3. The maximum atomic E-state index is 12.8. The van der Waals surface area contributed by atoms with Gasteiger partial charge in [-0.3, -0.25) is 9.79 Å². The molecule has 0 saturated heterocycles. The largest absolute Gasteiger partial charge is 0.475 e. The first-order valence-electron chi connectivity index (χ1n) is 9.09. The third-order valence-electron chi connectivity index (χ3n) is 4.64. The van der Waals surface area contributed by atoms with Gasteiger partial charge in [-0.2, -0.15) is 0 Å². The molecule has 3 rings (SSSR count). The molecule has 0 spiro atoms. The van der Waals surface area contributed by atoms with Crippen LogP contribution in [0.1, 0.15) is 51.8 Å². The monoisotopic (exact) mass is 374 g/mol. The van der Waals surface area contributed by atoms with Crippen LogP contribution in [-0.2, 0) is 14.3 Å². The van der Waals surface area contributed by atoms with Crippen LogP contribution in [-0.4, -0.2) is 36.3 Å². The number of rotatable bonds is 5. The molecule has 2 aliphatic rings. The van der Waals surface area contributed by atoms with Crippen molar-refractivity contribution in [2.75, 3.05) is 13.2 Å². The number of hydrogen-bond acceptors (Lipinski definition) is 6. The van der Waals surface area contributed by atoms with Crippen molar-refractivity contribution >= 4 is 28.9 Å². The molecule has 0 saturated carbocycles. The predicted molar refractivity (Wildman–Crippen MR) is 105 cm³/mol. The molecule has 0 aromatic carbocycles. The highest BCUT2D eigenvalue weighted by atomic mass is 32.1. The van der Waals surface area contributed by atoms with Crippen LogP contribution in [0.4, 0.5) is 0 Å². The molecule has 26 heavy (non-hydrogen) atoms. The number of hydrogen-bond donors (Lipinski definition) is 0. The summed E-state index contributed by atoms with van der Waals surface area (Å²) in [5.74, 6) is -0.239. The first-order chi connectivity index (χ1) is 12.4. The Morgan fingerprint density at radius 2 is 2.19 bits per heavy atom. The van der Waals surface area contributed by atoms with Gasteiger partial charge in [0, 0.05) is 27.8 Å². The lowest BCUT2D eigenvalue weighted by Crippen LogP contribution is -2.36. The molecule has 0 bridgehead atoms. The highest BCUT2D eigenvalue weighted by molar-refractivity contribution is 7.10. The molecule has 6 heteroatoms. The lowest BCUT2D eigenvalue weighted by atomic mass is 9.78. The van der Waals surface area contributed by atoms with Gasteiger partial charge in [0.05, 0.1) is 12.1 Å². The number of nitrogens with zero attached hydrogens (tertiary/aromatic N) is 2. The second kappa shape index (κ2) is 7.35. The summed E-state index contributed by atoms with van der Waals surface area (Å²) in [6, 6.07) is 4.07. The van der Waals surface area contributed by atoms with Crippen molar-refractivity contribution in [3.63, 3.8) is 0 Å². The van der Waals surface area contributed by atoms with E-state index in [4.69, 9.17) is 19.5 Å². The van der Waals surface area contributed by atoms with E-state index in [2.05, 4.69) is 13.0 Å². The van der Waals surface area contributed by atoms with Crippen LogP contribution in [0.5, 0.6) is 0 Å². The Morgan fingerprint density at radius 1 is 1.42 bits per heavy atom. The van der Waals surface area contributed by atoms with E-state index < -0.39 is 5.92 Å². The fourth-order valence-electron chi connectivity index (χ4n) is 3.49. The summed E-state index contributed by atoms with van der Waals surface area (Å²) >= 11 is 1.64. The van der Waals surface area contributed by atoms with Gasteiger partial charge in [-0.15, -0.1) is 11.3 Å². The molecule has 1 aromatic rings. The molecule has 0 aliphatic carbocycles. The van der Waals surface area contributed by atoms with Crippen molar-refractivity contribution in [3.8, 4) is 0 Å². The Bertz CT molecular complexity index is 775. The second-order valence-electron chi connectivity index (χ2n) is 7.21. The molecule has 0 radical (unpaired) electrons. The highest BCUT2D eigenvalue weighted by Gasteiger charge is 2.44. The maximum Gasteiger partial charge on any atom is 0.315 e. The van der Waals surface area contributed by atoms with Crippen LogP contribution in [0.2, 0.25) is 0 Å². The van der Waals surface area contributed by atoms with E-state index in [-0.39, 0.29) is 17.4 Å². The molecular formula is C20H26N2O3S. The van der Waals surface area contributed by atoms with Gasteiger partial charge in [-0.1, -0.05) is 13.0 Å². The lowest BCUT2D eigenvalue weighted by molar-refractivity contribution is -0.146. The van der Waals surface area contributed by atoms with Crippen molar-refractivity contribution in [2.24, 2.45) is 15.9 Å². The predicted octanol–water partition coefficient (Wildman–Crippen LogP) is 4.36. The summed E-state index contributed by atoms with van der Waals surface area (Å²) in [6.45, 7) is 10.8.